The Morgan fingerprint density at radius 2 is 1.80 bits per heavy atom. The molecule has 1 fully saturated rings. The highest BCUT2D eigenvalue weighted by Crippen LogP contribution is 2.36. The molecule has 1 heteroatoms. The maximum Gasteiger partial charge on any atom is 0.129 e. The van der Waals surface area contributed by atoms with Crippen LogP contribution in [0.3, 0.4) is 0 Å². The Morgan fingerprint density at radius 1 is 1.30 bits per heavy atom. The van der Waals surface area contributed by atoms with Crippen LogP contribution in [0.15, 0.2) is 0 Å². The van der Waals surface area contributed by atoms with Gasteiger partial charge in [-0.1, -0.05) is 26.6 Å². The van der Waals surface area contributed by atoms with Crippen LogP contribution in [0.5, 0.6) is 0 Å². The molecular formula is C9H16Si. The Balaban J connectivity index is 2.40. The number of hydrogen-bond acceptors (Lipinski definition) is 0. The van der Waals surface area contributed by atoms with Crippen molar-refractivity contribution in [3.05, 3.63) is 0 Å². The molecule has 0 aromatic carbocycles. The predicted octanol–water partition coefficient (Wildman–Crippen LogP) is 2.52. The summed E-state index contributed by atoms with van der Waals surface area (Å²) in [5.74, 6) is 5.01. The molecule has 1 rings (SSSR count). The van der Waals surface area contributed by atoms with Gasteiger partial charge in [0.05, 0.1) is 0 Å². The van der Waals surface area contributed by atoms with Gasteiger partial charge >= 0.3 is 0 Å². The standard InChI is InChI=1S/C9H16Si/c1-8-7-9(8)5-6-10(2,3)4/h8-9H,7H2,1-4H3. The Kier molecular flexibility index (Phi) is 1.92. The largest absolute Gasteiger partial charge is 0.132 e. The summed E-state index contributed by atoms with van der Waals surface area (Å²) in [4.78, 5) is 0. The lowest BCUT2D eigenvalue weighted by atomic mass is 10.4. The minimum absolute atomic E-state index is 0.756. The van der Waals surface area contributed by atoms with E-state index < -0.39 is 8.07 Å². The summed E-state index contributed by atoms with van der Waals surface area (Å²) < 4.78 is 0. The van der Waals surface area contributed by atoms with Crippen molar-refractivity contribution in [2.24, 2.45) is 11.8 Å². The average Bonchev–Trinajstić information content (AvgIpc) is 2.40. The van der Waals surface area contributed by atoms with Crippen LogP contribution < -0.4 is 0 Å². The van der Waals surface area contributed by atoms with Crippen molar-refractivity contribution >= 4 is 8.07 Å². The molecule has 2 atom stereocenters. The van der Waals surface area contributed by atoms with Crippen molar-refractivity contribution in [2.75, 3.05) is 0 Å². The second-order valence-electron chi connectivity index (χ2n) is 4.34. The highest BCUT2D eigenvalue weighted by molar-refractivity contribution is 6.83. The Bertz CT molecular complexity index is 177. The summed E-state index contributed by atoms with van der Waals surface area (Å²) in [5.41, 5.74) is 3.40. The maximum atomic E-state index is 3.40. The average molecular weight is 152 g/mol. The van der Waals surface area contributed by atoms with Crippen LogP contribution in [0.25, 0.3) is 0 Å². The highest BCUT2D eigenvalue weighted by atomic mass is 28.3. The van der Waals surface area contributed by atoms with E-state index in [9.17, 15) is 0 Å². The van der Waals surface area contributed by atoms with Crippen LogP contribution in [0.2, 0.25) is 19.6 Å². The van der Waals surface area contributed by atoms with Crippen molar-refractivity contribution in [1.82, 2.24) is 0 Å². The molecule has 0 aromatic rings. The second kappa shape index (κ2) is 2.43. The van der Waals surface area contributed by atoms with E-state index in [1.54, 1.807) is 0 Å². The van der Waals surface area contributed by atoms with Crippen LogP contribution in [0.4, 0.5) is 0 Å². The van der Waals surface area contributed by atoms with Gasteiger partial charge in [-0.3, -0.25) is 0 Å². The molecule has 0 amide bonds. The third kappa shape index (κ3) is 2.58. The van der Waals surface area contributed by atoms with Crippen molar-refractivity contribution in [2.45, 2.75) is 33.0 Å². The molecule has 0 spiro atoms. The fourth-order valence-corrected chi connectivity index (χ4v) is 1.45. The van der Waals surface area contributed by atoms with E-state index in [0.29, 0.717) is 0 Å². The predicted molar refractivity (Wildman–Crippen MR) is 48.4 cm³/mol. The molecule has 1 aliphatic carbocycles. The molecule has 0 saturated heterocycles. The summed E-state index contributed by atoms with van der Waals surface area (Å²) in [6.45, 7) is 9.18. The first-order valence-corrected chi connectivity index (χ1v) is 7.52. The Labute approximate surface area is 65.0 Å². The van der Waals surface area contributed by atoms with Gasteiger partial charge in [-0.05, 0) is 12.3 Å². The lowest BCUT2D eigenvalue weighted by Crippen LogP contribution is -2.16. The first-order valence-electron chi connectivity index (χ1n) is 4.02. The molecule has 0 aliphatic heterocycles. The maximum absolute atomic E-state index is 3.40. The molecule has 0 aromatic heterocycles. The summed E-state index contributed by atoms with van der Waals surface area (Å²) in [5, 5.41) is 0. The molecule has 0 bridgehead atoms. The van der Waals surface area contributed by atoms with Crippen molar-refractivity contribution < 1.29 is 0 Å². The van der Waals surface area contributed by atoms with Crippen LogP contribution >= 0.6 is 0 Å². The monoisotopic (exact) mass is 152 g/mol. The van der Waals surface area contributed by atoms with Gasteiger partial charge in [0.25, 0.3) is 0 Å². The van der Waals surface area contributed by atoms with Gasteiger partial charge in [0.15, 0.2) is 0 Å². The third-order valence-corrected chi connectivity index (χ3v) is 2.64. The molecule has 0 heterocycles. The lowest BCUT2D eigenvalue weighted by Gasteiger charge is -2.02. The minimum Gasteiger partial charge on any atom is -0.132 e. The number of rotatable bonds is 0. The second-order valence-corrected chi connectivity index (χ2v) is 9.09. The van der Waals surface area contributed by atoms with Gasteiger partial charge in [-0.2, -0.15) is 0 Å². The van der Waals surface area contributed by atoms with Crippen molar-refractivity contribution in [3.8, 4) is 11.5 Å². The molecule has 1 aliphatic rings. The van der Waals surface area contributed by atoms with E-state index >= 15 is 0 Å². The summed E-state index contributed by atoms with van der Waals surface area (Å²) in [7, 11) is -1.07. The smallest absolute Gasteiger partial charge is 0.129 e. The molecular weight excluding hydrogens is 136 g/mol. The summed E-state index contributed by atoms with van der Waals surface area (Å²) in [6, 6.07) is 0. The first-order chi connectivity index (χ1) is 4.49. The van der Waals surface area contributed by atoms with Crippen LogP contribution in [-0.4, -0.2) is 8.07 Å². The van der Waals surface area contributed by atoms with Gasteiger partial charge in [0.1, 0.15) is 8.07 Å². The molecule has 0 nitrogen and oxygen atoms in total. The topological polar surface area (TPSA) is 0 Å². The van der Waals surface area contributed by atoms with E-state index in [1.165, 1.54) is 6.42 Å². The van der Waals surface area contributed by atoms with E-state index in [0.717, 1.165) is 11.8 Å². The third-order valence-electron chi connectivity index (χ3n) is 1.74. The molecule has 0 radical (unpaired) electrons. The van der Waals surface area contributed by atoms with Crippen LogP contribution in [-0.2, 0) is 0 Å². The highest BCUT2D eigenvalue weighted by Gasteiger charge is 2.30. The van der Waals surface area contributed by atoms with Gasteiger partial charge < -0.3 is 0 Å². The zero-order valence-electron chi connectivity index (χ0n) is 7.36. The van der Waals surface area contributed by atoms with E-state index in [1.807, 2.05) is 0 Å². The minimum atomic E-state index is -1.07. The molecule has 10 heavy (non-hydrogen) atoms. The van der Waals surface area contributed by atoms with Gasteiger partial charge in [0, 0.05) is 5.92 Å². The molecule has 0 N–H and O–H groups in total. The van der Waals surface area contributed by atoms with Crippen molar-refractivity contribution in [1.29, 1.82) is 0 Å². The lowest BCUT2D eigenvalue weighted by molar-refractivity contribution is 0.917. The van der Waals surface area contributed by atoms with Crippen LogP contribution in [0.1, 0.15) is 13.3 Å². The SMILES string of the molecule is CC1CC1C#C[Si](C)(C)C. The Hall–Kier alpha value is -0.223. The van der Waals surface area contributed by atoms with E-state index in [2.05, 4.69) is 38.0 Å². The number of hydrogen-bond donors (Lipinski definition) is 0. The van der Waals surface area contributed by atoms with Gasteiger partial charge in [-0.15, -0.1) is 11.5 Å². The molecule has 1 saturated carbocycles. The van der Waals surface area contributed by atoms with E-state index in [-0.39, 0.29) is 0 Å². The summed E-state index contributed by atoms with van der Waals surface area (Å²) >= 11 is 0. The zero-order valence-corrected chi connectivity index (χ0v) is 8.36. The first kappa shape index (κ1) is 7.88. The van der Waals surface area contributed by atoms with E-state index in [4.69, 9.17) is 0 Å². The Morgan fingerprint density at radius 3 is 2.10 bits per heavy atom. The van der Waals surface area contributed by atoms with Gasteiger partial charge in [-0.25, -0.2) is 0 Å². The normalized spacial score (nSPS) is 30.8. The zero-order chi connectivity index (χ0) is 7.78. The van der Waals surface area contributed by atoms with Crippen molar-refractivity contribution in [3.63, 3.8) is 0 Å². The fourth-order valence-electron chi connectivity index (χ4n) is 0.832. The van der Waals surface area contributed by atoms with Crippen LogP contribution in [0, 0.1) is 23.3 Å². The quantitative estimate of drug-likeness (QED) is 0.369. The molecule has 2 unspecified atom stereocenters. The fraction of sp³-hybridized carbons (Fsp3) is 0.778. The van der Waals surface area contributed by atoms with Gasteiger partial charge in [0.2, 0.25) is 0 Å². The summed E-state index contributed by atoms with van der Waals surface area (Å²) in [6.07, 6.45) is 1.34. The molecule has 56 valence electrons.